The third-order valence-electron chi connectivity index (χ3n) is 3.21. The second-order valence-corrected chi connectivity index (χ2v) is 5.50. The Kier molecular flexibility index (Phi) is 4.50. The molecule has 2 atom stereocenters. The molecule has 2 unspecified atom stereocenters. The van der Waals surface area contributed by atoms with Crippen LogP contribution in [0, 0.1) is 0 Å². The Morgan fingerprint density at radius 2 is 1.89 bits per heavy atom. The summed E-state index contributed by atoms with van der Waals surface area (Å²) >= 11 is 1.70. The molecule has 0 spiro atoms. The van der Waals surface area contributed by atoms with Crippen molar-refractivity contribution in [2.45, 2.75) is 39.3 Å². The van der Waals surface area contributed by atoms with E-state index in [9.17, 15) is 0 Å². The number of hydrogen-bond donors (Lipinski definition) is 1. The van der Waals surface area contributed by atoms with Gasteiger partial charge in [-0.15, -0.1) is 11.3 Å². The lowest BCUT2D eigenvalue weighted by atomic mass is 10.0. The van der Waals surface area contributed by atoms with Gasteiger partial charge in [0.2, 0.25) is 0 Å². The van der Waals surface area contributed by atoms with E-state index in [1.807, 2.05) is 11.6 Å². The van der Waals surface area contributed by atoms with Crippen molar-refractivity contribution in [3.63, 3.8) is 0 Å². The highest BCUT2D eigenvalue weighted by Gasteiger charge is 2.12. The van der Waals surface area contributed by atoms with E-state index in [2.05, 4.69) is 55.3 Å². The van der Waals surface area contributed by atoms with Crippen LogP contribution in [0.3, 0.4) is 0 Å². The number of thiazole rings is 1. The monoisotopic (exact) mass is 260 g/mol. The topological polar surface area (TPSA) is 24.9 Å². The fourth-order valence-electron chi connectivity index (χ4n) is 2.03. The van der Waals surface area contributed by atoms with Crippen LogP contribution in [0.2, 0.25) is 0 Å². The summed E-state index contributed by atoms with van der Waals surface area (Å²) in [6, 6.07) is 9.49. The van der Waals surface area contributed by atoms with Crippen LogP contribution in [-0.2, 0) is 6.42 Å². The minimum atomic E-state index is 0.297. The Labute approximate surface area is 113 Å². The Balaban J connectivity index is 2.00. The zero-order valence-electron chi connectivity index (χ0n) is 11.2. The molecule has 0 bridgehead atoms. The van der Waals surface area contributed by atoms with Crippen LogP contribution in [0.1, 0.15) is 49.0 Å². The molecule has 0 amide bonds. The first kappa shape index (κ1) is 13.2. The third-order valence-corrected chi connectivity index (χ3v) is 4.17. The van der Waals surface area contributed by atoms with Crippen molar-refractivity contribution in [1.82, 2.24) is 10.3 Å². The molecule has 2 nitrogen and oxygen atoms in total. The molecule has 0 aliphatic heterocycles. The second kappa shape index (κ2) is 6.12. The maximum atomic E-state index is 4.35. The van der Waals surface area contributed by atoms with E-state index in [0.29, 0.717) is 12.1 Å². The van der Waals surface area contributed by atoms with Crippen LogP contribution in [0.4, 0.5) is 0 Å². The smallest absolute Gasteiger partial charge is 0.109 e. The lowest BCUT2D eigenvalue weighted by Crippen LogP contribution is -2.22. The van der Waals surface area contributed by atoms with E-state index in [0.717, 1.165) is 11.4 Å². The van der Waals surface area contributed by atoms with Crippen LogP contribution < -0.4 is 5.32 Å². The SMILES string of the molecule is CCc1ccc(C(C)NC(C)c2nccs2)cc1. The zero-order chi connectivity index (χ0) is 13.0. The second-order valence-electron chi connectivity index (χ2n) is 4.58. The largest absolute Gasteiger partial charge is 0.302 e. The molecule has 1 N–H and O–H groups in total. The molecule has 3 heteroatoms. The minimum absolute atomic E-state index is 0.297. The van der Waals surface area contributed by atoms with E-state index in [1.54, 1.807) is 11.3 Å². The standard InChI is InChI=1S/C15H20N2S/c1-4-13-5-7-14(8-6-13)11(2)17-12(3)15-16-9-10-18-15/h5-12,17H,4H2,1-3H3. The number of aromatic nitrogens is 1. The van der Waals surface area contributed by atoms with E-state index in [4.69, 9.17) is 0 Å². The predicted molar refractivity (Wildman–Crippen MR) is 77.9 cm³/mol. The molecule has 96 valence electrons. The number of rotatable bonds is 5. The van der Waals surface area contributed by atoms with Gasteiger partial charge in [0.25, 0.3) is 0 Å². The van der Waals surface area contributed by atoms with E-state index in [-0.39, 0.29) is 0 Å². The highest BCUT2D eigenvalue weighted by atomic mass is 32.1. The quantitative estimate of drug-likeness (QED) is 0.875. The van der Waals surface area contributed by atoms with Crippen molar-refractivity contribution < 1.29 is 0 Å². The van der Waals surface area contributed by atoms with Gasteiger partial charge < -0.3 is 5.32 Å². The van der Waals surface area contributed by atoms with Crippen molar-refractivity contribution in [2.24, 2.45) is 0 Å². The molecule has 1 aromatic heterocycles. The fraction of sp³-hybridized carbons (Fsp3) is 0.400. The number of aryl methyl sites for hydroxylation is 1. The molecule has 0 saturated carbocycles. The van der Waals surface area contributed by atoms with Gasteiger partial charge in [0, 0.05) is 17.6 Å². The average Bonchev–Trinajstić information content (AvgIpc) is 2.92. The van der Waals surface area contributed by atoms with Gasteiger partial charge in [-0.2, -0.15) is 0 Å². The average molecular weight is 260 g/mol. The van der Waals surface area contributed by atoms with Gasteiger partial charge >= 0.3 is 0 Å². The predicted octanol–water partition coefficient (Wildman–Crippen LogP) is 4.12. The summed E-state index contributed by atoms with van der Waals surface area (Å²) in [6.45, 7) is 6.54. The summed E-state index contributed by atoms with van der Waals surface area (Å²) in [6.07, 6.45) is 2.95. The van der Waals surface area contributed by atoms with Gasteiger partial charge in [0.1, 0.15) is 5.01 Å². The molecule has 1 heterocycles. The molecule has 2 aromatic rings. The van der Waals surface area contributed by atoms with Gasteiger partial charge in [0.05, 0.1) is 6.04 Å². The number of nitrogens with zero attached hydrogens (tertiary/aromatic N) is 1. The van der Waals surface area contributed by atoms with Crippen LogP contribution in [-0.4, -0.2) is 4.98 Å². The number of benzene rings is 1. The van der Waals surface area contributed by atoms with Gasteiger partial charge in [-0.05, 0) is 31.4 Å². The molecule has 0 saturated heterocycles. The highest BCUT2D eigenvalue weighted by Crippen LogP contribution is 2.21. The first-order chi connectivity index (χ1) is 8.70. The van der Waals surface area contributed by atoms with Gasteiger partial charge in [0.15, 0.2) is 0 Å². The maximum Gasteiger partial charge on any atom is 0.109 e. The van der Waals surface area contributed by atoms with Crippen LogP contribution >= 0.6 is 11.3 Å². The molecule has 0 radical (unpaired) electrons. The molecule has 1 aromatic carbocycles. The van der Waals surface area contributed by atoms with Crippen molar-refractivity contribution in [2.75, 3.05) is 0 Å². The van der Waals surface area contributed by atoms with Crippen molar-refractivity contribution in [3.05, 3.63) is 52.0 Å². The summed E-state index contributed by atoms with van der Waals surface area (Å²) in [5.74, 6) is 0. The first-order valence-corrected chi connectivity index (χ1v) is 7.33. The summed E-state index contributed by atoms with van der Waals surface area (Å²) in [4.78, 5) is 4.35. The van der Waals surface area contributed by atoms with E-state index in [1.165, 1.54) is 11.1 Å². The van der Waals surface area contributed by atoms with Crippen LogP contribution in [0.25, 0.3) is 0 Å². The normalized spacial score (nSPS) is 14.4. The van der Waals surface area contributed by atoms with Gasteiger partial charge in [-0.25, -0.2) is 4.98 Å². The minimum Gasteiger partial charge on any atom is -0.302 e. The van der Waals surface area contributed by atoms with Crippen molar-refractivity contribution >= 4 is 11.3 Å². The molecule has 2 rings (SSSR count). The number of nitrogens with one attached hydrogen (secondary N) is 1. The highest BCUT2D eigenvalue weighted by molar-refractivity contribution is 7.09. The molecule has 18 heavy (non-hydrogen) atoms. The van der Waals surface area contributed by atoms with Crippen LogP contribution in [0.5, 0.6) is 0 Å². The Bertz CT molecular complexity index is 462. The van der Waals surface area contributed by atoms with Gasteiger partial charge in [-0.1, -0.05) is 31.2 Å². The zero-order valence-corrected chi connectivity index (χ0v) is 12.0. The Hall–Kier alpha value is -1.19. The summed E-state index contributed by atoms with van der Waals surface area (Å²) in [5.41, 5.74) is 2.72. The van der Waals surface area contributed by atoms with Crippen molar-refractivity contribution in [1.29, 1.82) is 0 Å². The summed E-state index contributed by atoms with van der Waals surface area (Å²) < 4.78 is 0. The lowest BCUT2D eigenvalue weighted by Gasteiger charge is -2.19. The van der Waals surface area contributed by atoms with E-state index < -0.39 is 0 Å². The third kappa shape index (κ3) is 3.18. The van der Waals surface area contributed by atoms with E-state index >= 15 is 0 Å². The van der Waals surface area contributed by atoms with Crippen molar-refractivity contribution in [3.8, 4) is 0 Å². The molecule has 0 aliphatic carbocycles. The molecule has 0 aliphatic rings. The maximum absolute atomic E-state index is 4.35. The Morgan fingerprint density at radius 3 is 2.44 bits per heavy atom. The van der Waals surface area contributed by atoms with Crippen LogP contribution in [0.15, 0.2) is 35.8 Å². The first-order valence-electron chi connectivity index (χ1n) is 6.45. The number of hydrogen-bond acceptors (Lipinski definition) is 3. The fourth-order valence-corrected chi connectivity index (χ4v) is 2.69. The molecule has 0 fully saturated rings. The molecular formula is C15H20N2S. The summed E-state index contributed by atoms with van der Waals surface area (Å²) in [7, 11) is 0. The molecular weight excluding hydrogens is 240 g/mol. The summed E-state index contributed by atoms with van der Waals surface area (Å²) in [5, 5.41) is 6.75. The van der Waals surface area contributed by atoms with Gasteiger partial charge in [-0.3, -0.25) is 0 Å². The lowest BCUT2D eigenvalue weighted by molar-refractivity contribution is 0.493. The Morgan fingerprint density at radius 1 is 1.17 bits per heavy atom.